The molecule has 0 radical (unpaired) electrons. The first-order valence-electron chi connectivity index (χ1n) is 6.89. The number of fused-ring (bicyclic) bond motifs is 1. The van der Waals surface area contributed by atoms with Crippen LogP contribution in [-0.2, 0) is 0 Å². The van der Waals surface area contributed by atoms with E-state index in [0.717, 1.165) is 33.1 Å². The molecule has 3 heterocycles. The molecule has 1 atom stereocenters. The van der Waals surface area contributed by atoms with Crippen molar-refractivity contribution in [2.75, 3.05) is 5.32 Å². The highest BCUT2D eigenvalue weighted by atomic mass is 32.1. The van der Waals surface area contributed by atoms with E-state index in [1.54, 1.807) is 17.7 Å². The van der Waals surface area contributed by atoms with Gasteiger partial charge in [-0.25, -0.2) is 9.97 Å². The van der Waals surface area contributed by atoms with Crippen LogP contribution in [0.15, 0.2) is 10.9 Å². The van der Waals surface area contributed by atoms with E-state index in [9.17, 15) is 0 Å². The molecule has 21 heavy (non-hydrogen) atoms. The van der Waals surface area contributed by atoms with Crippen molar-refractivity contribution in [1.29, 1.82) is 0 Å². The van der Waals surface area contributed by atoms with Gasteiger partial charge in [0.1, 0.15) is 22.7 Å². The third-order valence-corrected chi connectivity index (χ3v) is 4.96. The fraction of sp³-hybridized carbons (Fsp3) is 0.400. The van der Waals surface area contributed by atoms with Crippen LogP contribution in [0.2, 0.25) is 0 Å². The van der Waals surface area contributed by atoms with E-state index < -0.39 is 0 Å². The second kappa shape index (κ2) is 5.11. The lowest BCUT2D eigenvalue weighted by Gasteiger charge is -2.15. The largest absolute Gasteiger partial charge is 0.363 e. The minimum Gasteiger partial charge on any atom is -0.363 e. The lowest BCUT2D eigenvalue weighted by molar-refractivity contribution is 0.392. The van der Waals surface area contributed by atoms with Crippen LogP contribution in [0.3, 0.4) is 0 Å². The molecule has 3 aromatic heterocycles. The van der Waals surface area contributed by atoms with Crippen LogP contribution < -0.4 is 5.32 Å². The first kappa shape index (κ1) is 14.0. The Labute approximate surface area is 127 Å². The van der Waals surface area contributed by atoms with Gasteiger partial charge >= 0.3 is 0 Å². The summed E-state index contributed by atoms with van der Waals surface area (Å²) in [4.78, 5) is 11.1. The number of hydrogen-bond acceptors (Lipinski definition) is 6. The summed E-state index contributed by atoms with van der Waals surface area (Å²) in [5.74, 6) is 1.71. The van der Waals surface area contributed by atoms with Crippen LogP contribution in [0.4, 0.5) is 5.82 Å². The number of aryl methyl sites for hydroxylation is 4. The average molecular weight is 302 g/mol. The quantitative estimate of drug-likeness (QED) is 0.789. The maximum absolute atomic E-state index is 5.25. The predicted octanol–water partition coefficient (Wildman–Crippen LogP) is 4.09. The van der Waals surface area contributed by atoms with Gasteiger partial charge < -0.3 is 9.84 Å². The minimum atomic E-state index is 0.0777. The van der Waals surface area contributed by atoms with Crippen molar-refractivity contribution in [3.63, 3.8) is 0 Å². The Kier molecular flexibility index (Phi) is 3.41. The smallest absolute Gasteiger partial charge is 0.139 e. The molecule has 0 unspecified atom stereocenters. The SMILES string of the molecule is Cc1noc(C)c1[C@H](C)Nc1ncnc2sc(C)c(C)c12. The van der Waals surface area contributed by atoms with Crippen molar-refractivity contribution in [1.82, 2.24) is 15.1 Å². The summed E-state index contributed by atoms with van der Waals surface area (Å²) in [7, 11) is 0. The molecule has 3 rings (SSSR count). The van der Waals surface area contributed by atoms with Gasteiger partial charge in [0.15, 0.2) is 0 Å². The molecule has 0 aliphatic carbocycles. The monoisotopic (exact) mass is 302 g/mol. The fourth-order valence-electron chi connectivity index (χ4n) is 2.68. The topological polar surface area (TPSA) is 63.8 Å². The first-order valence-corrected chi connectivity index (χ1v) is 7.70. The molecular weight excluding hydrogens is 284 g/mol. The van der Waals surface area contributed by atoms with E-state index in [1.165, 1.54) is 10.4 Å². The molecule has 0 spiro atoms. The summed E-state index contributed by atoms with van der Waals surface area (Å²) >= 11 is 1.70. The van der Waals surface area contributed by atoms with Crippen molar-refractivity contribution in [2.24, 2.45) is 0 Å². The molecule has 0 aliphatic rings. The zero-order valence-electron chi connectivity index (χ0n) is 12.8. The van der Waals surface area contributed by atoms with E-state index in [1.807, 2.05) is 13.8 Å². The number of anilines is 1. The van der Waals surface area contributed by atoms with Crippen LogP contribution in [0.25, 0.3) is 10.2 Å². The molecule has 110 valence electrons. The number of nitrogens with zero attached hydrogens (tertiary/aromatic N) is 3. The molecule has 0 amide bonds. The fourth-order valence-corrected chi connectivity index (χ4v) is 3.67. The summed E-state index contributed by atoms with van der Waals surface area (Å²) in [5, 5.41) is 8.61. The Balaban J connectivity index is 2.02. The summed E-state index contributed by atoms with van der Waals surface area (Å²) in [5.41, 5.74) is 3.24. The summed E-state index contributed by atoms with van der Waals surface area (Å²) in [6, 6.07) is 0.0777. The molecule has 3 aromatic rings. The van der Waals surface area contributed by atoms with Gasteiger partial charge in [0, 0.05) is 10.4 Å². The Morgan fingerprint density at radius 2 is 1.95 bits per heavy atom. The molecule has 1 N–H and O–H groups in total. The Morgan fingerprint density at radius 3 is 2.62 bits per heavy atom. The Morgan fingerprint density at radius 1 is 1.19 bits per heavy atom. The third kappa shape index (κ3) is 2.29. The second-order valence-electron chi connectivity index (χ2n) is 5.29. The molecule has 0 aliphatic heterocycles. The van der Waals surface area contributed by atoms with E-state index in [-0.39, 0.29) is 6.04 Å². The highest BCUT2D eigenvalue weighted by Crippen LogP contribution is 2.34. The van der Waals surface area contributed by atoms with Gasteiger partial charge in [0.25, 0.3) is 0 Å². The van der Waals surface area contributed by atoms with Crippen LogP contribution in [0, 0.1) is 27.7 Å². The van der Waals surface area contributed by atoms with Gasteiger partial charge in [0.2, 0.25) is 0 Å². The predicted molar refractivity (Wildman–Crippen MR) is 84.9 cm³/mol. The molecule has 0 fully saturated rings. The third-order valence-electron chi connectivity index (χ3n) is 3.84. The molecule has 0 bridgehead atoms. The second-order valence-corrected chi connectivity index (χ2v) is 6.49. The van der Waals surface area contributed by atoms with Crippen LogP contribution in [0.1, 0.15) is 40.4 Å². The van der Waals surface area contributed by atoms with E-state index in [4.69, 9.17) is 4.52 Å². The van der Waals surface area contributed by atoms with Gasteiger partial charge in [0.05, 0.1) is 17.1 Å². The van der Waals surface area contributed by atoms with Gasteiger partial charge in [-0.2, -0.15) is 0 Å². The molecular formula is C15H18N4OS. The lowest BCUT2D eigenvalue weighted by Crippen LogP contribution is -2.10. The van der Waals surface area contributed by atoms with Crippen molar-refractivity contribution in [3.05, 3.63) is 33.8 Å². The summed E-state index contributed by atoms with van der Waals surface area (Å²) in [6.07, 6.45) is 1.61. The highest BCUT2D eigenvalue weighted by Gasteiger charge is 2.19. The van der Waals surface area contributed by atoms with Crippen molar-refractivity contribution >= 4 is 27.4 Å². The number of rotatable bonds is 3. The number of hydrogen-bond donors (Lipinski definition) is 1. The normalized spacial score (nSPS) is 12.8. The zero-order valence-corrected chi connectivity index (χ0v) is 13.6. The molecule has 0 aromatic carbocycles. The van der Waals surface area contributed by atoms with E-state index in [0.29, 0.717) is 0 Å². The summed E-state index contributed by atoms with van der Waals surface area (Å²) < 4.78 is 5.25. The van der Waals surface area contributed by atoms with E-state index in [2.05, 4.69) is 41.2 Å². The maximum atomic E-state index is 5.25. The highest BCUT2D eigenvalue weighted by molar-refractivity contribution is 7.18. The van der Waals surface area contributed by atoms with Crippen molar-refractivity contribution in [2.45, 2.75) is 40.7 Å². The maximum Gasteiger partial charge on any atom is 0.139 e. The molecule has 6 heteroatoms. The van der Waals surface area contributed by atoms with Gasteiger partial charge in [-0.05, 0) is 40.2 Å². The number of thiophene rings is 1. The van der Waals surface area contributed by atoms with E-state index >= 15 is 0 Å². The van der Waals surface area contributed by atoms with Crippen LogP contribution in [0.5, 0.6) is 0 Å². The van der Waals surface area contributed by atoms with Gasteiger partial charge in [-0.15, -0.1) is 11.3 Å². The Bertz CT molecular complexity index is 786. The van der Waals surface area contributed by atoms with Gasteiger partial charge in [-0.3, -0.25) is 0 Å². The van der Waals surface area contributed by atoms with Crippen LogP contribution >= 0.6 is 11.3 Å². The Hall–Kier alpha value is -1.95. The van der Waals surface area contributed by atoms with Crippen molar-refractivity contribution < 1.29 is 4.52 Å². The zero-order chi connectivity index (χ0) is 15.1. The van der Waals surface area contributed by atoms with Crippen LogP contribution in [-0.4, -0.2) is 15.1 Å². The van der Waals surface area contributed by atoms with Crippen molar-refractivity contribution in [3.8, 4) is 0 Å². The first-order chi connectivity index (χ1) is 9.99. The standard InChI is InChI=1S/C15H18N4OS/c1-7-11(5)21-15-12(7)14(16-6-17-15)18-8(2)13-9(3)19-20-10(13)4/h6,8H,1-5H3,(H,16,17,18)/t8-/m0/s1. The summed E-state index contributed by atoms with van der Waals surface area (Å²) in [6.45, 7) is 10.2. The number of nitrogens with one attached hydrogen (secondary N) is 1. The van der Waals surface area contributed by atoms with Gasteiger partial charge in [-0.1, -0.05) is 5.16 Å². The lowest BCUT2D eigenvalue weighted by atomic mass is 10.1. The number of aromatic nitrogens is 3. The minimum absolute atomic E-state index is 0.0777. The molecule has 0 saturated heterocycles. The molecule has 5 nitrogen and oxygen atoms in total. The molecule has 0 saturated carbocycles. The average Bonchev–Trinajstić information content (AvgIpc) is 2.91.